The molecule has 0 aromatic heterocycles. The molecule has 0 unspecified atom stereocenters. The summed E-state index contributed by atoms with van der Waals surface area (Å²) in [4.78, 5) is 23.8. The van der Waals surface area contributed by atoms with Crippen LogP contribution in [0.3, 0.4) is 0 Å². The minimum Gasteiger partial charge on any atom is -0.458 e. The van der Waals surface area contributed by atoms with Crippen LogP contribution in [0.2, 0.25) is 5.02 Å². The molecule has 0 aliphatic heterocycles. The van der Waals surface area contributed by atoms with Gasteiger partial charge in [-0.2, -0.15) is 0 Å². The predicted molar refractivity (Wildman–Crippen MR) is 139 cm³/mol. The van der Waals surface area contributed by atoms with Gasteiger partial charge in [-0.05, 0) is 41.8 Å². The summed E-state index contributed by atoms with van der Waals surface area (Å²) in [5.74, 6) is 4.80. The van der Waals surface area contributed by atoms with Crippen LogP contribution in [0.5, 0.6) is 0 Å². The summed E-state index contributed by atoms with van der Waals surface area (Å²) in [6.45, 7) is 2.63. The van der Waals surface area contributed by atoms with Crippen molar-refractivity contribution < 1.29 is 14.3 Å². The molecule has 0 radical (unpaired) electrons. The van der Waals surface area contributed by atoms with Gasteiger partial charge >= 0.3 is 11.9 Å². The minimum atomic E-state index is -0.884. The molecule has 5 heteroatoms. The number of carbonyl (C=O) groups excluding carboxylic acids is 2. The van der Waals surface area contributed by atoms with E-state index >= 15 is 0 Å². The molecule has 0 saturated carbocycles. The fourth-order valence-electron chi connectivity index (χ4n) is 3.49. The first-order valence-corrected chi connectivity index (χ1v) is 12.7. The van der Waals surface area contributed by atoms with Crippen LogP contribution in [0, 0.1) is 11.8 Å². The first-order valence-electron chi connectivity index (χ1n) is 12.4. The normalized spacial score (nSPS) is 10.3. The summed E-state index contributed by atoms with van der Waals surface area (Å²) in [7, 11) is 0. The third-order valence-corrected chi connectivity index (χ3v) is 5.73. The van der Waals surface area contributed by atoms with Gasteiger partial charge in [0, 0.05) is 30.0 Å². The molecule has 0 aliphatic carbocycles. The first-order chi connectivity index (χ1) is 16.6. The topological polar surface area (TPSA) is 55.4 Å². The first kappa shape index (κ1) is 27.5. The van der Waals surface area contributed by atoms with Gasteiger partial charge in [0.1, 0.15) is 0 Å². The zero-order valence-electron chi connectivity index (χ0n) is 20.2. The van der Waals surface area contributed by atoms with E-state index in [0.29, 0.717) is 11.4 Å². The highest BCUT2D eigenvalue weighted by atomic mass is 35.5. The number of hydrogen-bond acceptors (Lipinski definition) is 3. The lowest BCUT2D eigenvalue weighted by atomic mass is 10.1. The number of halogens is 1. The zero-order chi connectivity index (χ0) is 24.4. The second-order valence-electron chi connectivity index (χ2n) is 8.42. The summed E-state index contributed by atoms with van der Waals surface area (Å²) in [6, 6.07) is 15.0. The van der Waals surface area contributed by atoms with E-state index in [1.54, 1.807) is 12.1 Å². The van der Waals surface area contributed by atoms with Crippen LogP contribution in [-0.2, 0) is 27.3 Å². The SMILES string of the molecule is CCCCCCCCCCC#Cc1ccc(CNC(=O)C(=O)OCCc2cccc(Cl)c2)cc1. The van der Waals surface area contributed by atoms with Crippen molar-refractivity contribution in [2.24, 2.45) is 0 Å². The molecule has 182 valence electrons. The number of benzene rings is 2. The number of hydrogen-bond donors (Lipinski definition) is 1. The van der Waals surface area contributed by atoms with Gasteiger partial charge in [-0.25, -0.2) is 4.79 Å². The Bertz CT molecular complexity index is 944. The molecule has 0 fully saturated rings. The van der Waals surface area contributed by atoms with Crippen LogP contribution in [0.1, 0.15) is 81.4 Å². The Hall–Kier alpha value is -2.77. The minimum absolute atomic E-state index is 0.124. The van der Waals surface area contributed by atoms with Gasteiger partial charge in [-0.1, -0.05) is 99.6 Å². The summed E-state index contributed by atoms with van der Waals surface area (Å²) in [5.41, 5.74) is 2.80. The average molecular weight is 482 g/mol. The summed E-state index contributed by atoms with van der Waals surface area (Å²) in [5, 5.41) is 3.22. The Morgan fingerprint density at radius 3 is 2.32 bits per heavy atom. The quantitative estimate of drug-likeness (QED) is 0.151. The number of unbranched alkanes of at least 4 members (excludes halogenated alkanes) is 8. The fraction of sp³-hybridized carbons (Fsp3) is 0.448. The number of esters is 1. The second-order valence-corrected chi connectivity index (χ2v) is 8.86. The third-order valence-electron chi connectivity index (χ3n) is 5.49. The van der Waals surface area contributed by atoms with E-state index in [-0.39, 0.29) is 13.2 Å². The highest BCUT2D eigenvalue weighted by molar-refractivity contribution is 6.32. The summed E-state index contributed by atoms with van der Waals surface area (Å²) < 4.78 is 5.04. The Balaban J connectivity index is 1.59. The van der Waals surface area contributed by atoms with Crippen LogP contribution in [0.25, 0.3) is 0 Å². The maximum atomic E-state index is 12.0. The van der Waals surface area contributed by atoms with Crippen LogP contribution in [0.4, 0.5) is 0 Å². The smallest absolute Gasteiger partial charge is 0.396 e. The molecular formula is C29H36ClNO3. The van der Waals surface area contributed by atoms with Crippen molar-refractivity contribution in [1.82, 2.24) is 5.32 Å². The molecule has 1 N–H and O–H groups in total. The second kappa shape index (κ2) is 16.8. The van der Waals surface area contributed by atoms with E-state index in [9.17, 15) is 9.59 Å². The number of rotatable bonds is 13. The van der Waals surface area contributed by atoms with E-state index in [4.69, 9.17) is 16.3 Å². The molecule has 0 heterocycles. The fourth-order valence-corrected chi connectivity index (χ4v) is 3.70. The van der Waals surface area contributed by atoms with Crippen molar-refractivity contribution in [1.29, 1.82) is 0 Å². The largest absolute Gasteiger partial charge is 0.458 e. The van der Waals surface area contributed by atoms with E-state index in [1.807, 2.05) is 36.4 Å². The highest BCUT2D eigenvalue weighted by Gasteiger charge is 2.14. The van der Waals surface area contributed by atoms with Crippen molar-refractivity contribution in [2.45, 2.75) is 77.7 Å². The number of amides is 1. The van der Waals surface area contributed by atoms with Crippen LogP contribution >= 0.6 is 11.6 Å². The number of ether oxygens (including phenoxy) is 1. The van der Waals surface area contributed by atoms with Gasteiger partial charge in [0.15, 0.2) is 0 Å². The molecule has 4 nitrogen and oxygen atoms in total. The maximum Gasteiger partial charge on any atom is 0.396 e. The van der Waals surface area contributed by atoms with Gasteiger partial charge in [0.2, 0.25) is 0 Å². The number of carbonyl (C=O) groups is 2. The van der Waals surface area contributed by atoms with E-state index in [1.165, 1.54) is 44.9 Å². The van der Waals surface area contributed by atoms with Gasteiger partial charge in [0.05, 0.1) is 6.61 Å². The molecule has 0 aliphatic rings. The molecule has 2 rings (SSSR count). The highest BCUT2D eigenvalue weighted by Crippen LogP contribution is 2.11. The van der Waals surface area contributed by atoms with Crippen molar-refractivity contribution in [3.05, 3.63) is 70.2 Å². The monoisotopic (exact) mass is 481 g/mol. The average Bonchev–Trinajstić information content (AvgIpc) is 2.84. The molecule has 0 saturated heterocycles. The van der Waals surface area contributed by atoms with Gasteiger partial charge in [0.25, 0.3) is 0 Å². The van der Waals surface area contributed by atoms with Crippen LogP contribution in [0.15, 0.2) is 48.5 Å². The van der Waals surface area contributed by atoms with Crippen LogP contribution in [-0.4, -0.2) is 18.5 Å². The van der Waals surface area contributed by atoms with Crippen molar-refractivity contribution in [3.63, 3.8) is 0 Å². The molecule has 1 amide bonds. The van der Waals surface area contributed by atoms with Gasteiger partial charge in [-0.3, -0.25) is 4.79 Å². The van der Waals surface area contributed by atoms with E-state index in [0.717, 1.165) is 29.5 Å². The lowest BCUT2D eigenvalue weighted by Gasteiger charge is -2.07. The maximum absolute atomic E-state index is 12.0. The summed E-state index contributed by atoms with van der Waals surface area (Å²) in [6.07, 6.45) is 11.9. The van der Waals surface area contributed by atoms with Crippen molar-refractivity contribution >= 4 is 23.5 Å². The van der Waals surface area contributed by atoms with Gasteiger partial charge in [-0.15, -0.1) is 0 Å². The summed E-state index contributed by atoms with van der Waals surface area (Å²) >= 11 is 5.93. The predicted octanol–water partition coefficient (Wildman–Crippen LogP) is 6.62. The molecule has 2 aromatic carbocycles. The molecule has 2 aromatic rings. The Morgan fingerprint density at radius 1 is 0.912 bits per heavy atom. The van der Waals surface area contributed by atoms with Crippen molar-refractivity contribution in [3.8, 4) is 11.8 Å². The molecule has 0 spiro atoms. The Labute approximate surface area is 209 Å². The zero-order valence-corrected chi connectivity index (χ0v) is 21.0. The molecule has 0 bridgehead atoms. The Morgan fingerprint density at radius 2 is 1.62 bits per heavy atom. The standard InChI is InChI=1S/C29H36ClNO3/c1-2-3-4-5-6-7-8-9-10-11-13-24-16-18-26(19-17-24)23-31-28(32)29(33)34-21-20-25-14-12-15-27(30)22-25/h12,14-19,22H,2-10,20-21,23H2,1H3,(H,31,32). The lowest BCUT2D eigenvalue weighted by molar-refractivity contribution is -0.154. The third kappa shape index (κ3) is 11.9. The van der Waals surface area contributed by atoms with Gasteiger partial charge < -0.3 is 10.1 Å². The lowest BCUT2D eigenvalue weighted by Crippen LogP contribution is -2.32. The Kier molecular flexibility index (Phi) is 13.6. The molecule has 0 atom stereocenters. The molecule has 34 heavy (non-hydrogen) atoms. The van der Waals surface area contributed by atoms with Crippen LogP contribution < -0.4 is 5.32 Å². The van der Waals surface area contributed by atoms with E-state index < -0.39 is 11.9 Å². The number of nitrogens with one attached hydrogen (secondary N) is 1. The molecular weight excluding hydrogens is 446 g/mol. The van der Waals surface area contributed by atoms with Crippen molar-refractivity contribution in [2.75, 3.05) is 6.61 Å². The van der Waals surface area contributed by atoms with E-state index in [2.05, 4.69) is 24.1 Å².